The van der Waals surface area contributed by atoms with Crippen molar-refractivity contribution in [1.29, 1.82) is 0 Å². The number of hydrogen-bond donors (Lipinski definition) is 2. The van der Waals surface area contributed by atoms with E-state index >= 15 is 0 Å². The van der Waals surface area contributed by atoms with Crippen LogP contribution in [0, 0.1) is 13.8 Å². The molecule has 148 valence electrons. The summed E-state index contributed by atoms with van der Waals surface area (Å²) < 4.78 is 4.94. The summed E-state index contributed by atoms with van der Waals surface area (Å²) in [5.74, 6) is -0.717. The number of rotatable bonds is 6. The van der Waals surface area contributed by atoms with E-state index in [1.165, 1.54) is 11.1 Å². The Morgan fingerprint density at radius 2 is 1.55 bits per heavy atom. The average Bonchev–Trinajstić information content (AvgIpc) is 2.68. The number of carbonyl (C=O) groups is 2. The number of anilines is 3. The fraction of sp³-hybridized carbons (Fsp3) is 0.174. The zero-order valence-corrected chi connectivity index (χ0v) is 16.7. The molecule has 0 fully saturated rings. The normalized spacial score (nSPS) is 10.3. The second-order valence-corrected chi connectivity index (χ2v) is 6.69. The molecule has 6 heteroatoms. The lowest BCUT2D eigenvalue weighted by Gasteiger charge is -2.09. The van der Waals surface area contributed by atoms with Gasteiger partial charge in [-0.2, -0.15) is 0 Å². The second kappa shape index (κ2) is 9.01. The Balaban J connectivity index is 1.63. The van der Waals surface area contributed by atoms with Crippen LogP contribution in [0.25, 0.3) is 0 Å². The minimum absolute atomic E-state index is 0.297. The number of aryl methyl sites for hydroxylation is 2. The molecule has 3 aromatic rings. The minimum atomic E-state index is -0.390. The van der Waals surface area contributed by atoms with Crippen molar-refractivity contribution in [3.05, 3.63) is 83.2 Å². The van der Waals surface area contributed by atoms with Gasteiger partial charge in [0.15, 0.2) is 0 Å². The molecule has 0 saturated heterocycles. The van der Waals surface area contributed by atoms with Gasteiger partial charge in [0.1, 0.15) is 5.69 Å². The van der Waals surface area contributed by atoms with Crippen LogP contribution in [0.15, 0.2) is 60.8 Å². The standard InChI is InChI=1S/C23H23N3O3/c1-4-29-23(28)17-5-7-18(8-6-17)26-22(27)21-10-9-19(14-24-21)25-20-12-15(2)11-16(3)13-20/h5-14,25H,4H2,1-3H3,(H,26,27). The Morgan fingerprint density at radius 3 is 2.14 bits per heavy atom. The molecular formula is C23H23N3O3. The average molecular weight is 389 g/mol. The minimum Gasteiger partial charge on any atom is -0.462 e. The van der Waals surface area contributed by atoms with Crippen LogP contribution in [-0.4, -0.2) is 23.5 Å². The largest absolute Gasteiger partial charge is 0.462 e. The highest BCUT2D eigenvalue weighted by Gasteiger charge is 2.10. The summed E-state index contributed by atoms with van der Waals surface area (Å²) in [6.45, 7) is 6.16. The molecule has 1 amide bonds. The molecule has 0 spiro atoms. The Morgan fingerprint density at radius 1 is 0.897 bits per heavy atom. The summed E-state index contributed by atoms with van der Waals surface area (Å²) in [7, 11) is 0. The summed E-state index contributed by atoms with van der Waals surface area (Å²) in [6.07, 6.45) is 1.62. The third kappa shape index (κ3) is 5.42. The zero-order valence-electron chi connectivity index (χ0n) is 16.7. The van der Waals surface area contributed by atoms with Crippen LogP contribution in [-0.2, 0) is 4.74 Å². The number of nitrogens with one attached hydrogen (secondary N) is 2. The van der Waals surface area contributed by atoms with E-state index in [1.54, 1.807) is 43.5 Å². The molecule has 2 aromatic carbocycles. The SMILES string of the molecule is CCOC(=O)c1ccc(NC(=O)c2ccc(Nc3cc(C)cc(C)c3)cn2)cc1. The van der Waals surface area contributed by atoms with Gasteiger partial charge in [0.05, 0.1) is 24.1 Å². The van der Waals surface area contributed by atoms with Crippen molar-refractivity contribution >= 4 is 28.9 Å². The summed E-state index contributed by atoms with van der Waals surface area (Å²) in [5, 5.41) is 6.06. The topological polar surface area (TPSA) is 80.3 Å². The monoisotopic (exact) mass is 389 g/mol. The van der Waals surface area contributed by atoms with Crippen LogP contribution >= 0.6 is 0 Å². The molecule has 0 saturated carbocycles. The maximum Gasteiger partial charge on any atom is 0.338 e. The van der Waals surface area contributed by atoms with Gasteiger partial charge in [-0.05, 0) is 80.4 Å². The van der Waals surface area contributed by atoms with Crippen LogP contribution in [0.4, 0.5) is 17.1 Å². The van der Waals surface area contributed by atoms with Crippen molar-refractivity contribution in [3.63, 3.8) is 0 Å². The van der Waals surface area contributed by atoms with Crippen LogP contribution in [0.2, 0.25) is 0 Å². The number of hydrogen-bond acceptors (Lipinski definition) is 5. The van der Waals surface area contributed by atoms with E-state index in [2.05, 4.69) is 21.7 Å². The fourth-order valence-corrected chi connectivity index (χ4v) is 2.91. The van der Waals surface area contributed by atoms with Gasteiger partial charge in [0, 0.05) is 11.4 Å². The quantitative estimate of drug-likeness (QED) is 0.588. The van der Waals surface area contributed by atoms with E-state index in [0.29, 0.717) is 23.6 Å². The van der Waals surface area contributed by atoms with Crippen molar-refractivity contribution in [1.82, 2.24) is 4.98 Å². The molecule has 0 atom stereocenters. The highest BCUT2D eigenvalue weighted by atomic mass is 16.5. The predicted molar refractivity (Wildman–Crippen MR) is 114 cm³/mol. The third-order valence-electron chi connectivity index (χ3n) is 4.16. The molecule has 0 unspecified atom stereocenters. The first-order chi connectivity index (χ1) is 13.9. The van der Waals surface area contributed by atoms with Gasteiger partial charge in [-0.25, -0.2) is 9.78 Å². The number of amides is 1. The summed E-state index contributed by atoms with van der Waals surface area (Å²) in [6, 6.07) is 16.2. The van der Waals surface area contributed by atoms with Gasteiger partial charge in [-0.1, -0.05) is 6.07 Å². The van der Waals surface area contributed by atoms with Gasteiger partial charge in [-0.15, -0.1) is 0 Å². The fourth-order valence-electron chi connectivity index (χ4n) is 2.91. The number of pyridine rings is 1. The van der Waals surface area contributed by atoms with Crippen LogP contribution in [0.1, 0.15) is 38.9 Å². The van der Waals surface area contributed by atoms with Crippen molar-refractivity contribution in [3.8, 4) is 0 Å². The molecule has 1 heterocycles. The summed E-state index contributed by atoms with van der Waals surface area (Å²) in [5.41, 5.74) is 5.42. The van der Waals surface area contributed by atoms with Crippen LogP contribution < -0.4 is 10.6 Å². The predicted octanol–water partition coefficient (Wildman–Crippen LogP) is 4.87. The molecule has 29 heavy (non-hydrogen) atoms. The maximum absolute atomic E-state index is 12.4. The maximum atomic E-state index is 12.4. The van der Waals surface area contributed by atoms with Gasteiger partial charge >= 0.3 is 5.97 Å². The van der Waals surface area contributed by atoms with E-state index in [1.807, 2.05) is 32.0 Å². The lowest BCUT2D eigenvalue weighted by atomic mass is 10.1. The molecule has 0 aliphatic carbocycles. The summed E-state index contributed by atoms with van der Waals surface area (Å²) in [4.78, 5) is 28.3. The first-order valence-electron chi connectivity index (χ1n) is 9.34. The molecular weight excluding hydrogens is 366 g/mol. The van der Waals surface area contributed by atoms with Crippen molar-refractivity contribution < 1.29 is 14.3 Å². The number of carbonyl (C=O) groups excluding carboxylic acids is 2. The Bertz CT molecular complexity index is 992. The Kier molecular flexibility index (Phi) is 6.24. The lowest BCUT2D eigenvalue weighted by molar-refractivity contribution is 0.0526. The Hall–Kier alpha value is -3.67. The molecule has 6 nitrogen and oxygen atoms in total. The van der Waals surface area contributed by atoms with E-state index in [0.717, 1.165) is 11.4 Å². The number of benzene rings is 2. The van der Waals surface area contributed by atoms with Crippen LogP contribution in [0.5, 0.6) is 0 Å². The van der Waals surface area contributed by atoms with E-state index in [-0.39, 0.29) is 11.9 Å². The third-order valence-corrected chi connectivity index (χ3v) is 4.16. The molecule has 3 rings (SSSR count). The zero-order chi connectivity index (χ0) is 20.8. The summed E-state index contributed by atoms with van der Waals surface area (Å²) >= 11 is 0. The van der Waals surface area contributed by atoms with E-state index in [4.69, 9.17) is 4.74 Å². The van der Waals surface area contributed by atoms with E-state index < -0.39 is 0 Å². The molecule has 1 aromatic heterocycles. The highest BCUT2D eigenvalue weighted by Crippen LogP contribution is 2.19. The molecule has 0 aliphatic heterocycles. The number of nitrogens with zero attached hydrogens (tertiary/aromatic N) is 1. The first kappa shape index (κ1) is 20.1. The van der Waals surface area contributed by atoms with Gasteiger partial charge in [0.25, 0.3) is 5.91 Å². The van der Waals surface area contributed by atoms with Crippen LogP contribution in [0.3, 0.4) is 0 Å². The molecule has 0 aliphatic rings. The highest BCUT2D eigenvalue weighted by molar-refractivity contribution is 6.03. The first-order valence-corrected chi connectivity index (χ1v) is 9.34. The molecule has 2 N–H and O–H groups in total. The number of esters is 1. The van der Waals surface area contributed by atoms with E-state index in [9.17, 15) is 9.59 Å². The Labute approximate surface area is 169 Å². The number of aromatic nitrogens is 1. The van der Waals surface area contributed by atoms with Gasteiger partial charge < -0.3 is 15.4 Å². The molecule has 0 bridgehead atoms. The van der Waals surface area contributed by atoms with Crippen molar-refractivity contribution in [2.75, 3.05) is 17.2 Å². The number of ether oxygens (including phenoxy) is 1. The lowest BCUT2D eigenvalue weighted by Crippen LogP contribution is -2.14. The van der Waals surface area contributed by atoms with Crippen molar-refractivity contribution in [2.45, 2.75) is 20.8 Å². The van der Waals surface area contributed by atoms with Gasteiger partial charge in [0.2, 0.25) is 0 Å². The molecule has 0 radical (unpaired) electrons. The van der Waals surface area contributed by atoms with Gasteiger partial charge in [-0.3, -0.25) is 4.79 Å². The van der Waals surface area contributed by atoms with Crippen molar-refractivity contribution in [2.24, 2.45) is 0 Å². The second-order valence-electron chi connectivity index (χ2n) is 6.69. The smallest absolute Gasteiger partial charge is 0.338 e.